The second-order valence-corrected chi connectivity index (χ2v) is 6.67. The molecular weight excluding hydrogens is 320 g/mol. The lowest BCUT2D eigenvalue weighted by atomic mass is 10.0. The van der Waals surface area contributed by atoms with Gasteiger partial charge in [-0.05, 0) is 32.8 Å². The van der Waals surface area contributed by atoms with Gasteiger partial charge < -0.3 is 9.84 Å². The highest BCUT2D eigenvalue weighted by atomic mass is 16.5. The van der Waals surface area contributed by atoms with E-state index in [-0.39, 0.29) is 17.8 Å². The second kappa shape index (κ2) is 7.65. The Morgan fingerprint density at radius 3 is 2.68 bits per heavy atom. The number of nitrogens with zero attached hydrogens (tertiary/aromatic N) is 4. The number of carboxylic acids is 1. The van der Waals surface area contributed by atoms with Crippen molar-refractivity contribution in [2.45, 2.75) is 45.4 Å². The number of carboxylic acid groups (broad SMARTS) is 1. The molecule has 7 heteroatoms. The van der Waals surface area contributed by atoms with E-state index < -0.39 is 5.97 Å². The van der Waals surface area contributed by atoms with Gasteiger partial charge in [0, 0.05) is 25.2 Å². The molecular formula is C18H24N4O3. The van der Waals surface area contributed by atoms with E-state index in [1.54, 1.807) is 4.68 Å². The van der Waals surface area contributed by atoms with Crippen molar-refractivity contribution in [2.24, 2.45) is 0 Å². The number of hydrogen-bond donors (Lipinski definition) is 1. The molecule has 0 radical (unpaired) electrons. The fraction of sp³-hybridized carbons (Fsp3) is 0.500. The molecule has 1 aliphatic heterocycles. The Morgan fingerprint density at radius 2 is 2.04 bits per heavy atom. The summed E-state index contributed by atoms with van der Waals surface area (Å²) in [5.74, 6) is -0.0903. The van der Waals surface area contributed by atoms with E-state index in [1.807, 2.05) is 32.0 Å². The number of piperidine rings is 1. The number of para-hydroxylation sites is 1. The first-order valence-electron chi connectivity index (χ1n) is 8.65. The Hall–Kier alpha value is -2.41. The van der Waals surface area contributed by atoms with E-state index in [1.165, 1.54) is 11.8 Å². The quantitative estimate of drug-likeness (QED) is 0.867. The Balaban J connectivity index is 1.58. The highest BCUT2D eigenvalue weighted by Gasteiger charge is 2.23. The molecule has 0 spiro atoms. The zero-order chi connectivity index (χ0) is 17.8. The minimum absolute atomic E-state index is 0.00203. The minimum atomic E-state index is -1.04. The van der Waals surface area contributed by atoms with Crippen molar-refractivity contribution in [1.29, 1.82) is 0 Å². The summed E-state index contributed by atoms with van der Waals surface area (Å²) in [6.45, 7) is 6.79. The van der Waals surface area contributed by atoms with Crippen molar-refractivity contribution in [3.05, 3.63) is 41.7 Å². The Labute approximate surface area is 147 Å². The van der Waals surface area contributed by atoms with Gasteiger partial charge in [0.1, 0.15) is 5.75 Å². The molecule has 134 valence electrons. The van der Waals surface area contributed by atoms with E-state index in [0.717, 1.165) is 38.2 Å². The van der Waals surface area contributed by atoms with Crippen LogP contribution >= 0.6 is 0 Å². The van der Waals surface area contributed by atoms with E-state index in [9.17, 15) is 4.79 Å². The molecule has 1 aromatic heterocycles. The third-order valence-electron chi connectivity index (χ3n) is 4.39. The zero-order valence-corrected chi connectivity index (χ0v) is 14.6. The summed E-state index contributed by atoms with van der Waals surface area (Å²) >= 11 is 0. The summed E-state index contributed by atoms with van der Waals surface area (Å²) in [6.07, 6.45) is 3.53. The van der Waals surface area contributed by atoms with Crippen LogP contribution in [0.25, 0.3) is 0 Å². The molecule has 0 atom stereocenters. The monoisotopic (exact) mass is 344 g/mol. The van der Waals surface area contributed by atoms with Crippen LogP contribution in [0.15, 0.2) is 30.5 Å². The van der Waals surface area contributed by atoms with Gasteiger partial charge in [0.15, 0.2) is 5.69 Å². The highest BCUT2D eigenvalue weighted by Crippen LogP contribution is 2.26. The molecule has 1 N–H and O–H groups in total. The predicted octanol–water partition coefficient (Wildman–Crippen LogP) is 2.60. The second-order valence-electron chi connectivity index (χ2n) is 6.67. The molecule has 25 heavy (non-hydrogen) atoms. The van der Waals surface area contributed by atoms with Crippen LogP contribution in [-0.2, 0) is 6.54 Å². The first kappa shape index (κ1) is 17.4. The van der Waals surface area contributed by atoms with Gasteiger partial charge in [0.05, 0.1) is 18.3 Å². The summed E-state index contributed by atoms with van der Waals surface area (Å²) in [5, 5.41) is 16.6. The molecule has 1 aromatic carbocycles. The average molecular weight is 344 g/mol. The molecule has 2 heterocycles. The molecule has 3 rings (SSSR count). The van der Waals surface area contributed by atoms with Crippen LogP contribution < -0.4 is 4.74 Å². The number of aromatic nitrogens is 3. The lowest BCUT2D eigenvalue weighted by molar-refractivity contribution is 0.0690. The summed E-state index contributed by atoms with van der Waals surface area (Å²) in [7, 11) is 0. The topological polar surface area (TPSA) is 80.5 Å². The smallest absolute Gasteiger partial charge is 0.358 e. The van der Waals surface area contributed by atoms with Crippen LogP contribution in [0, 0.1) is 0 Å². The number of benzene rings is 1. The highest BCUT2D eigenvalue weighted by molar-refractivity contribution is 5.84. The number of carbonyl (C=O) groups is 1. The van der Waals surface area contributed by atoms with Gasteiger partial charge in [-0.3, -0.25) is 4.90 Å². The number of likely N-dealkylation sites (tertiary alicyclic amines) is 1. The summed E-state index contributed by atoms with van der Waals surface area (Å²) in [6, 6.07) is 8.38. The Bertz CT molecular complexity index is 721. The van der Waals surface area contributed by atoms with E-state index in [0.29, 0.717) is 0 Å². The summed E-state index contributed by atoms with van der Waals surface area (Å²) < 4.78 is 7.59. The van der Waals surface area contributed by atoms with Gasteiger partial charge in [0.25, 0.3) is 0 Å². The van der Waals surface area contributed by atoms with Gasteiger partial charge in [-0.25, -0.2) is 9.48 Å². The van der Waals surface area contributed by atoms with E-state index in [4.69, 9.17) is 9.84 Å². The van der Waals surface area contributed by atoms with Crippen molar-refractivity contribution in [1.82, 2.24) is 19.9 Å². The average Bonchev–Trinajstić information content (AvgIpc) is 3.07. The molecule has 0 bridgehead atoms. The Morgan fingerprint density at radius 1 is 1.32 bits per heavy atom. The molecule has 7 nitrogen and oxygen atoms in total. The lowest BCUT2D eigenvalue weighted by Gasteiger charge is -2.32. The van der Waals surface area contributed by atoms with Crippen LogP contribution in [0.5, 0.6) is 5.75 Å². The number of hydrogen-bond acceptors (Lipinski definition) is 5. The molecule has 2 aromatic rings. The normalized spacial score (nSPS) is 16.3. The largest absolute Gasteiger partial charge is 0.491 e. The third-order valence-corrected chi connectivity index (χ3v) is 4.39. The van der Waals surface area contributed by atoms with Crippen LogP contribution in [0.4, 0.5) is 0 Å². The van der Waals surface area contributed by atoms with E-state index in [2.05, 4.69) is 21.3 Å². The SMILES string of the molecule is CC(C)Oc1ccccc1CN1CCC(n2cc(C(=O)O)nn2)CC1. The number of rotatable bonds is 6. The van der Waals surface area contributed by atoms with Crippen molar-refractivity contribution in [2.75, 3.05) is 13.1 Å². The Kier molecular flexibility index (Phi) is 5.33. The van der Waals surface area contributed by atoms with Crippen LogP contribution in [0.3, 0.4) is 0 Å². The lowest BCUT2D eigenvalue weighted by Crippen LogP contribution is -2.34. The molecule has 0 saturated carbocycles. The first-order valence-corrected chi connectivity index (χ1v) is 8.65. The van der Waals surface area contributed by atoms with Gasteiger partial charge in [-0.1, -0.05) is 23.4 Å². The van der Waals surface area contributed by atoms with Crippen molar-refractivity contribution >= 4 is 5.97 Å². The molecule has 0 amide bonds. The number of ether oxygens (including phenoxy) is 1. The van der Waals surface area contributed by atoms with Crippen LogP contribution in [0.1, 0.15) is 48.8 Å². The number of aromatic carboxylic acids is 1. The van der Waals surface area contributed by atoms with Crippen LogP contribution in [0.2, 0.25) is 0 Å². The third kappa shape index (κ3) is 4.36. The first-order chi connectivity index (χ1) is 12.0. The molecule has 1 fully saturated rings. The maximum absolute atomic E-state index is 10.9. The molecule has 1 aliphatic rings. The summed E-state index contributed by atoms with van der Waals surface area (Å²) in [4.78, 5) is 13.3. The molecule has 1 saturated heterocycles. The van der Waals surface area contributed by atoms with Gasteiger partial charge in [-0.15, -0.1) is 5.10 Å². The zero-order valence-electron chi connectivity index (χ0n) is 14.6. The maximum atomic E-state index is 10.9. The minimum Gasteiger partial charge on any atom is -0.491 e. The van der Waals surface area contributed by atoms with Crippen molar-refractivity contribution in [3.63, 3.8) is 0 Å². The molecule has 0 unspecified atom stereocenters. The predicted molar refractivity (Wildman–Crippen MR) is 92.7 cm³/mol. The molecule has 0 aliphatic carbocycles. The maximum Gasteiger partial charge on any atom is 0.358 e. The standard InChI is InChI=1S/C18H24N4O3/c1-13(2)25-17-6-4-3-5-14(17)11-21-9-7-15(8-10-21)22-12-16(18(23)24)19-20-22/h3-6,12-13,15H,7-11H2,1-2H3,(H,23,24). The van der Waals surface area contributed by atoms with Crippen LogP contribution in [-0.4, -0.2) is 50.2 Å². The van der Waals surface area contributed by atoms with Gasteiger partial charge >= 0.3 is 5.97 Å². The van der Waals surface area contributed by atoms with Gasteiger partial charge in [0.2, 0.25) is 0 Å². The van der Waals surface area contributed by atoms with Crippen molar-refractivity contribution < 1.29 is 14.6 Å². The van der Waals surface area contributed by atoms with Gasteiger partial charge in [-0.2, -0.15) is 0 Å². The van der Waals surface area contributed by atoms with E-state index >= 15 is 0 Å². The van der Waals surface area contributed by atoms with Crippen molar-refractivity contribution in [3.8, 4) is 5.75 Å². The fourth-order valence-electron chi connectivity index (χ4n) is 3.14. The summed E-state index contributed by atoms with van der Waals surface area (Å²) in [5.41, 5.74) is 1.20. The fourth-order valence-corrected chi connectivity index (χ4v) is 3.14.